The number of pyridine rings is 1. The van der Waals surface area contributed by atoms with Crippen molar-refractivity contribution in [3.05, 3.63) is 80.4 Å². The topological polar surface area (TPSA) is 85.5 Å². The lowest BCUT2D eigenvalue weighted by Crippen LogP contribution is -2.29. The minimum atomic E-state index is -0.636. The van der Waals surface area contributed by atoms with Crippen molar-refractivity contribution in [3.63, 3.8) is 0 Å². The number of thiazole rings is 1. The van der Waals surface area contributed by atoms with Crippen molar-refractivity contribution in [1.82, 2.24) is 9.97 Å². The number of aryl methyl sites for hydroxylation is 2. The van der Waals surface area contributed by atoms with E-state index < -0.39 is 6.04 Å². The zero-order valence-electron chi connectivity index (χ0n) is 17.2. The number of anilines is 1. The van der Waals surface area contributed by atoms with Crippen molar-refractivity contribution < 1.29 is 13.9 Å². The number of aromatic nitrogens is 2. The van der Waals surface area contributed by atoms with Crippen LogP contribution in [0.1, 0.15) is 45.2 Å². The van der Waals surface area contributed by atoms with E-state index in [2.05, 4.69) is 9.97 Å². The molecule has 4 aromatic rings. The highest BCUT2D eigenvalue weighted by Crippen LogP contribution is 2.42. The number of rotatable bonds is 4. The number of carbonyl (C=O) groups excluding carboxylic acids is 1. The average molecular weight is 433 g/mol. The third-order valence-corrected chi connectivity index (χ3v) is 6.47. The van der Waals surface area contributed by atoms with Gasteiger partial charge in [-0.25, -0.2) is 4.98 Å². The molecule has 1 aliphatic heterocycles. The predicted octanol–water partition coefficient (Wildman–Crippen LogP) is 4.41. The number of carbonyl (C=O) groups is 1. The second-order valence-electron chi connectivity index (χ2n) is 7.26. The van der Waals surface area contributed by atoms with E-state index in [0.717, 1.165) is 16.1 Å². The predicted molar refractivity (Wildman–Crippen MR) is 118 cm³/mol. The Morgan fingerprint density at radius 2 is 1.94 bits per heavy atom. The summed E-state index contributed by atoms with van der Waals surface area (Å²) < 4.78 is 11.5. The van der Waals surface area contributed by atoms with Crippen molar-refractivity contribution in [3.8, 4) is 5.75 Å². The molecule has 7 nitrogen and oxygen atoms in total. The van der Waals surface area contributed by atoms with Gasteiger partial charge in [0.1, 0.15) is 11.3 Å². The molecule has 0 spiro atoms. The SMILES string of the molecule is CCOc1ccc2c(=O)c3c(oc2c1)C(=O)N(c1nc(C)c(C)s1)C3c1ccncc1. The van der Waals surface area contributed by atoms with Crippen LogP contribution in [0.15, 0.2) is 51.9 Å². The zero-order valence-corrected chi connectivity index (χ0v) is 18.0. The molecule has 31 heavy (non-hydrogen) atoms. The normalized spacial score (nSPS) is 15.5. The fourth-order valence-corrected chi connectivity index (χ4v) is 4.76. The monoisotopic (exact) mass is 433 g/mol. The van der Waals surface area contributed by atoms with Crippen LogP contribution < -0.4 is 15.1 Å². The lowest BCUT2D eigenvalue weighted by Gasteiger charge is -2.22. The Morgan fingerprint density at radius 1 is 1.16 bits per heavy atom. The molecule has 0 fully saturated rings. The van der Waals surface area contributed by atoms with E-state index >= 15 is 0 Å². The summed E-state index contributed by atoms with van der Waals surface area (Å²) >= 11 is 1.42. The van der Waals surface area contributed by atoms with Crippen molar-refractivity contribution in [2.75, 3.05) is 11.5 Å². The summed E-state index contributed by atoms with van der Waals surface area (Å²) in [4.78, 5) is 38.3. The van der Waals surface area contributed by atoms with Gasteiger partial charge in [0.2, 0.25) is 5.76 Å². The molecule has 0 saturated carbocycles. The molecular formula is C23H19N3O4S. The molecule has 0 saturated heterocycles. The lowest BCUT2D eigenvalue weighted by molar-refractivity contribution is 0.0971. The van der Waals surface area contributed by atoms with E-state index in [4.69, 9.17) is 9.15 Å². The summed E-state index contributed by atoms with van der Waals surface area (Å²) in [5.74, 6) is 0.238. The average Bonchev–Trinajstić information content (AvgIpc) is 3.25. The van der Waals surface area contributed by atoms with E-state index in [1.807, 2.05) is 20.8 Å². The number of ether oxygens (including phenoxy) is 1. The first-order valence-corrected chi connectivity index (χ1v) is 10.7. The number of hydrogen-bond acceptors (Lipinski definition) is 7. The van der Waals surface area contributed by atoms with Crippen LogP contribution in [0.2, 0.25) is 0 Å². The van der Waals surface area contributed by atoms with Gasteiger partial charge in [-0.05, 0) is 50.6 Å². The molecule has 3 aromatic heterocycles. The number of benzene rings is 1. The quantitative estimate of drug-likeness (QED) is 0.474. The van der Waals surface area contributed by atoms with Crippen molar-refractivity contribution in [1.29, 1.82) is 0 Å². The summed E-state index contributed by atoms with van der Waals surface area (Å²) in [5.41, 5.74) is 2.03. The smallest absolute Gasteiger partial charge is 0.297 e. The van der Waals surface area contributed by atoms with Gasteiger partial charge in [0, 0.05) is 23.3 Å². The van der Waals surface area contributed by atoms with Gasteiger partial charge in [0.25, 0.3) is 5.91 Å². The van der Waals surface area contributed by atoms with E-state index in [-0.39, 0.29) is 17.1 Å². The van der Waals surface area contributed by atoms with E-state index in [0.29, 0.717) is 34.0 Å². The van der Waals surface area contributed by atoms with Crippen LogP contribution in [0.25, 0.3) is 11.0 Å². The van der Waals surface area contributed by atoms with Gasteiger partial charge in [0.15, 0.2) is 10.6 Å². The molecule has 1 aromatic carbocycles. The van der Waals surface area contributed by atoms with Crippen LogP contribution >= 0.6 is 11.3 Å². The van der Waals surface area contributed by atoms with Gasteiger partial charge in [-0.1, -0.05) is 0 Å². The first-order valence-electron chi connectivity index (χ1n) is 9.90. The highest BCUT2D eigenvalue weighted by Gasteiger charge is 2.45. The molecule has 1 atom stereocenters. The Morgan fingerprint density at radius 3 is 2.61 bits per heavy atom. The molecule has 5 rings (SSSR count). The maximum Gasteiger partial charge on any atom is 0.297 e. The fraction of sp³-hybridized carbons (Fsp3) is 0.217. The Balaban J connectivity index is 1.78. The molecule has 0 bridgehead atoms. The van der Waals surface area contributed by atoms with Crippen LogP contribution in [0.3, 0.4) is 0 Å². The second-order valence-corrected chi connectivity index (χ2v) is 8.44. The lowest BCUT2D eigenvalue weighted by atomic mass is 9.99. The highest BCUT2D eigenvalue weighted by atomic mass is 32.1. The van der Waals surface area contributed by atoms with Gasteiger partial charge < -0.3 is 9.15 Å². The Hall–Kier alpha value is -3.52. The Bertz CT molecular complexity index is 1360. The third kappa shape index (κ3) is 3.02. The molecule has 0 N–H and O–H groups in total. The summed E-state index contributed by atoms with van der Waals surface area (Å²) in [6.45, 7) is 6.22. The number of amides is 1. The molecule has 1 aliphatic rings. The molecule has 0 aliphatic carbocycles. The van der Waals surface area contributed by atoms with E-state index in [9.17, 15) is 9.59 Å². The summed E-state index contributed by atoms with van der Waals surface area (Å²) in [6.07, 6.45) is 3.29. The van der Waals surface area contributed by atoms with Gasteiger partial charge in [-0.3, -0.25) is 19.5 Å². The summed E-state index contributed by atoms with van der Waals surface area (Å²) in [7, 11) is 0. The second kappa shape index (κ2) is 7.31. The first-order chi connectivity index (χ1) is 15.0. The minimum absolute atomic E-state index is 0.0402. The number of nitrogens with zero attached hydrogens (tertiary/aromatic N) is 3. The summed E-state index contributed by atoms with van der Waals surface area (Å²) in [5, 5.41) is 0.939. The van der Waals surface area contributed by atoms with Gasteiger partial charge in [0.05, 0.1) is 29.3 Å². The van der Waals surface area contributed by atoms with E-state index in [1.165, 1.54) is 11.3 Å². The Labute approximate surface area is 181 Å². The molecule has 0 radical (unpaired) electrons. The van der Waals surface area contributed by atoms with Crippen molar-refractivity contribution in [2.45, 2.75) is 26.8 Å². The maximum absolute atomic E-state index is 13.6. The molecule has 1 amide bonds. The largest absolute Gasteiger partial charge is 0.494 e. The van der Waals surface area contributed by atoms with Crippen LogP contribution in [0.5, 0.6) is 5.75 Å². The molecule has 156 valence electrons. The number of fused-ring (bicyclic) bond motifs is 2. The van der Waals surface area contributed by atoms with Crippen molar-refractivity contribution >= 4 is 33.3 Å². The molecule has 4 heterocycles. The van der Waals surface area contributed by atoms with Gasteiger partial charge in [-0.2, -0.15) is 0 Å². The van der Waals surface area contributed by atoms with E-state index in [1.54, 1.807) is 47.6 Å². The molecule has 1 unspecified atom stereocenters. The van der Waals surface area contributed by atoms with Crippen LogP contribution in [-0.2, 0) is 0 Å². The minimum Gasteiger partial charge on any atom is -0.494 e. The van der Waals surface area contributed by atoms with Crippen molar-refractivity contribution in [2.24, 2.45) is 0 Å². The van der Waals surface area contributed by atoms with Gasteiger partial charge >= 0.3 is 0 Å². The fourth-order valence-electron chi connectivity index (χ4n) is 3.82. The molecule has 8 heteroatoms. The summed E-state index contributed by atoms with van der Waals surface area (Å²) in [6, 6.07) is 8.03. The Kier molecular flexibility index (Phi) is 4.59. The zero-order chi connectivity index (χ0) is 21.7. The van der Waals surface area contributed by atoms with Gasteiger partial charge in [-0.15, -0.1) is 11.3 Å². The van der Waals surface area contributed by atoms with Crippen LogP contribution in [0.4, 0.5) is 5.13 Å². The van der Waals surface area contributed by atoms with Crippen LogP contribution in [0, 0.1) is 13.8 Å². The number of hydrogen-bond donors (Lipinski definition) is 0. The third-order valence-electron chi connectivity index (χ3n) is 5.40. The molecular weight excluding hydrogens is 414 g/mol. The highest BCUT2D eigenvalue weighted by molar-refractivity contribution is 7.15. The van der Waals surface area contributed by atoms with Crippen LogP contribution in [-0.4, -0.2) is 22.5 Å². The maximum atomic E-state index is 13.6. The standard InChI is InChI=1S/C23H19N3O4S/c1-4-29-15-5-6-16-17(11-15)30-21-18(20(16)27)19(14-7-9-24-10-8-14)26(22(21)28)23-25-12(2)13(3)31-23/h5-11,19H,4H2,1-3H3. The first kappa shape index (κ1) is 19.4.